The molecule has 0 aliphatic heterocycles. The van der Waals surface area contributed by atoms with Crippen LogP contribution >= 0.6 is 0 Å². The zero-order valence-corrected chi connectivity index (χ0v) is 11.1. The standard InChI is InChI=1S/C12H19F2N3O/c1-5-18-12(2,3)7-16-11-9(14)6-8(13)10(15-4)17-11/h6H,5,7H2,1-4H3,(H2,15,16,17). The molecule has 6 heteroatoms. The van der Waals surface area contributed by atoms with E-state index in [-0.39, 0.29) is 11.6 Å². The second-order valence-corrected chi connectivity index (χ2v) is 4.45. The lowest BCUT2D eigenvalue weighted by atomic mass is 10.1. The lowest BCUT2D eigenvalue weighted by Gasteiger charge is -2.25. The summed E-state index contributed by atoms with van der Waals surface area (Å²) in [6.07, 6.45) is 0. The van der Waals surface area contributed by atoms with Crippen LogP contribution in [0.2, 0.25) is 0 Å². The van der Waals surface area contributed by atoms with Gasteiger partial charge in [-0.15, -0.1) is 0 Å². The molecule has 102 valence electrons. The maximum Gasteiger partial charge on any atom is 0.168 e. The molecule has 4 nitrogen and oxygen atoms in total. The second-order valence-electron chi connectivity index (χ2n) is 4.45. The van der Waals surface area contributed by atoms with E-state index in [0.717, 1.165) is 6.07 Å². The van der Waals surface area contributed by atoms with Gasteiger partial charge in [-0.25, -0.2) is 13.8 Å². The molecule has 18 heavy (non-hydrogen) atoms. The summed E-state index contributed by atoms with van der Waals surface area (Å²) in [5.41, 5.74) is -0.447. The summed E-state index contributed by atoms with van der Waals surface area (Å²) in [6.45, 7) is 6.58. The van der Waals surface area contributed by atoms with Crippen molar-refractivity contribution in [3.05, 3.63) is 17.7 Å². The van der Waals surface area contributed by atoms with Gasteiger partial charge in [0, 0.05) is 26.3 Å². The van der Waals surface area contributed by atoms with Crippen molar-refractivity contribution in [1.29, 1.82) is 0 Å². The summed E-state index contributed by atoms with van der Waals surface area (Å²) >= 11 is 0. The third-order valence-corrected chi connectivity index (χ3v) is 2.38. The predicted octanol–water partition coefficient (Wildman–Crippen LogP) is 2.63. The zero-order valence-electron chi connectivity index (χ0n) is 11.1. The predicted molar refractivity (Wildman–Crippen MR) is 67.9 cm³/mol. The third-order valence-electron chi connectivity index (χ3n) is 2.38. The van der Waals surface area contributed by atoms with Gasteiger partial charge in [-0.1, -0.05) is 0 Å². The molecule has 0 aliphatic carbocycles. The molecule has 1 aromatic heterocycles. The number of hydrogen-bond acceptors (Lipinski definition) is 4. The topological polar surface area (TPSA) is 46.2 Å². The Balaban J connectivity index is 2.79. The minimum absolute atomic E-state index is 0.00751. The van der Waals surface area contributed by atoms with Gasteiger partial charge in [0.25, 0.3) is 0 Å². The molecule has 0 bridgehead atoms. The number of aromatic nitrogens is 1. The molecule has 1 rings (SSSR count). The van der Waals surface area contributed by atoms with Gasteiger partial charge in [0.2, 0.25) is 0 Å². The van der Waals surface area contributed by atoms with Gasteiger partial charge in [0.1, 0.15) is 0 Å². The lowest BCUT2D eigenvalue weighted by molar-refractivity contribution is 0.000603. The Hall–Kier alpha value is -1.43. The summed E-state index contributed by atoms with van der Waals surface area (Å²) < 4.78 is 32.2. The minimum atomic E-state index is -0.723. The molecule has 1 aromatic rings. The minimum Gasteiger partial charge on any atom is -0.374 e. The number of halogens is 2. The van der Waals surface area contributed by atoms with Crippen molar-refractivity contribution < 1.29 is 13.5 Å². The molecule has 0 amide bonds. The molecule has 1 heterocycles. The van der Waals surface area contributed by atoms with Gasteiger partial charge in [-0.05, 0) is 20.8 Å². The maximum absolute atomic E-state index is 13.5. The fraction of sp³-hybridized carbons (Fsp3) is 0.583. The molecule has 0 fully saturated rings. The van der Waals surface area contributed by atoms with Gasteiger partial charge in [-0.3, -0.25) is 0 Å². The van der Waals surface area contributed by atoms with E-state index in [1.165, 1.54) is 7.05 Å². The summed E-state index contributed by atoms with van der Waals surface area (Å²) in [7, 11) is 1.53. The first-order valence-electron chi connectivity index (χ1n) is 5.81. The number of nitrogens with one attached hydrogen (secondary N) is 2. The summed E-state index contributed by atoms with van der Waals surface area (Å²) in [6, 6.07) is 0.800. The van der Waals surface area contributed by atoms with E-state index in [2.05, 4.69) is 15.6 Å². The molecule has 2 N–H and O–H groups in total. The highest BCUT2D eigenvalue weighted by Crippen LogP contribution is 2.19. The van der Waals surface area contributed by atoms with E-state index >= 15 is 0 Å². The molecule has 0 saturated heterocycles. The zero-order chi connectivity index (χ0) is 13.8. The summed E-state index contributed by atoms with van der Waals surface area (Å²) in [5, 5.41) is 5.38. The fourth-order valence-corrected chi connectivity index (χ4v) is 1.50. The molecule has 0 atom stereocenters. The quantitative estimate of drug-likeness (QED) is 0.824. The first-order valence-corrected chi connectivity index (χ1v) is 5.81. The van der Waals surface area contributed by atoms with E-state index in [1.54, 1.807) is 0 Å². The molecule has 0 unspecified atom stereocenters. The summed E-state index contributed by atoms with van der Waals surface area (Å²) in [5.74, 6) is -1.43. The van der Waals surface area contributed by atoms with E-state index < -0.39 is 17.2 Å². The Kier molecular flexibility index (Phi) is 4.84. The van der Waals surface area contributed by atoms with Crippen LogP contribution in [0.1, 0.15) is 20.8 Å². The van der Waals surface area contributed by atoms with Gasteiger partial charge in [0.05, 0.1) is 5.60 Å². The van der Waals surface area contributed by atoms with Gasteiger partial charge < -0.3 is 15.4 Å². The van der Waals surface area contributed by atoms with Crippen LogP contribution in [0.15, 0.2) is 6.07 Å². The Labute approximate surface area is 106 Å². The van der Waals surface area contributed by atoms with Crippen LogP contribution in [-0.4, -0.2) is 30.8 Å². The molecule has 0 aliphatic rings. The molecule has 0 aromatic carbocycles. The first-order chi connectivity index (χ1) is 8.39. The number of pyridine rings is 1. The number of rotatable bonds is 6. The van der Waals surface area contributed by atoms with Crippen LogP contribution in [0.25, 0.3) is 0 Å². The van der Waals surface area contributed by atoms with Crippen LogP contribution in [0.4, 0.5) is 20.4 Å². The van der Waals surface area contributed by atoms with Gasteiger partial charge >= 0.3 is 0 Å². The number of nitrogens with zero attached hydrogens (tertiary/aromatic N) is 1. The van der Waals surface area contributed by atoms with Crippen molar-refractivity contribution in [2.45, 2.75) is 26.4 Å². The van der Waals surface area contributed by atoms with Crippen LogP contribution in [0.5, 0.6) is 0 Å². The number of hydrogen-bond donors (Lipinski definition) is 2. The van der Waals surface area contributed by atoms with Gasteiger partial charge in [-0.2, -0.15) is 0 Å². The molecular weight excluding hydrogens is 240 g/mol. The largest absolute Gasteiger partial charge is 0.374 e. The van der Waals surface area contributed by atoms with E-state index in [0.29, 0.717) is 13.2 Å². The molecular formula is C12H19F2N3O. The van der Waals surface area contributed by atoms with E-state index in [4.69, 9.17) is 4.74 Å². The van der Waals surface area contributed by atoms with Crippen molar-refractivity contribution in [2.24, 2.45) is 0 Å². The van der Waals surface area contributed by atoms with Crippen molar-refractivity contribution in [1.82, 2.24) is 4.98 Å². The highest BCUT2D eigenvalue weighted by molar-refractivity contribution is 5.47. The number of anilines is 2. The van der Waals surface area contributed by atoms with E-state index in [9.17, 15) is 8.78 Å². The van der Waals surface area contributed by atoms with Crippen molar-refractivity contribution in [3.63, 3.8) is 0 Å². The average Bonchev–Trinajstić information content (AvgIpc) is 2.28. The highest BCUT2D eigenvalue weighted by Gasteiger charge is 2.19. The smallest absolute Gasteiger partial charge is 0.168 e. The Bertz CT molecular complexity index is 411. The maximum atomic E-state index is 13.5. The van der Waals surface area contributed by atoms with E-state index in [1.807, 2.05) is 20.8 Å². The summed E-state index contributed by atoms with van der Waals surface area (Å²) in [4.78, 5) is 3.83. The fourth-order valence-electron chi connectivity index (χ4n) is 1.50. The SMILES string of the molecule is CCOC(C)(C)CNc1nc(NC)c(F)cc1F. The number of ether oxygens (including phenoxy) is 1. The van der Waals surface area contributed by atoms with Crippen LogP contribution in [0.3, 0.4) is 0 Å². The third kappa shape index (κ3) is 3.80. The molecule has 0 saturated carbocycles. The Morgan fingerprint density at radius 2 is 1.89 bits per heavy atom. The monoisotopic (exact) mass is 259 g/mol. The average molecular weight is 259 g/mol. The van der Waals surface area contributed by atoms with Crippen molar-refractivity contribution in [2.75, 3.05) is 30.8 Å². The highest BCUT2D eigenvalue weighted by atomic mass is 19.1. The Morgan fingerprint density at radius 1 is 1.28 bits per heavy atom. The van der Waals surface area contributed by atoms with Crippen LogP contribution in [0, 0.1) is 11.6 Å². The molecule has 0 spiro atoms. The van der Waals surface area contributed by atoms with Crippen LogP contribution in [-0.2, 0) is 4.74 Å². The molecule has 0 radical (unpaired) electrons. The normalized spacial score (nSPS) is 11.4. The second kappa shape index (κ2) is 5.95. The van der Waals surface area contributed by atoms with Gasteiger partial charge in [0.15, 0.2) is 23.3 Å². The lowest BCUT2D eigenvalue weighted by Crippen LogP contribution is -2.33. The Morgan fingerprint density at radius 3 is 2.44 bits per heavy atom. The van der Waals surface area contributed by atoms with Crippen molar-refractivity contribution in [3.8, 4) is 0 Å². The first kappa shape index (κ1) is 14.6. The van der Waals surface area contributed by atoms with Crippen LogP contribution < -0.4 is 10.6 Å². The van der Waals surface area contributed by atoms with Crippen molar-refractivity contribution >= 4 is 11.6 Å².